The van der Waals surface area contributed by atoms with Crippen LogP contribution in [0.15, 0.2) is 66.2 Å². The molecular weight excluding hydrogens is 327 g/mol. The van der Waals surface area contributed by atoms with E-state index in [1.165, 1.54) is 17.7 Å². The van der Waals surface area contributed by atoms with Crippen molar-refractivity contribution in [2.75, 3.05) is 13.1 Å². The molecule has 0 radical (unpaired) electrons. The molecule has 0 N–H and O–H groups in total. The van der Waals surface area contributed by atoms with Gasteiger partial charge in [0.2, 0.25) is 0 Å². The third kappa shape index (κ3) is 3.10. The normalized spacial score (nSPS) is 14.4. The molecule has 4 rings (SSSR count). The second-order valence-electron chi connectivity index (χ2n) is 6.63. The summed E-state index contributed by atoms with van der Waals surface area (Å²) in [6.45, 7) is 3.45. The summed E-state index contributed by atoms with van der Waals surface area (Å²) >= 11 is 0. The van der Waals surface area contributed by atoms with Crippen molar-refractivity contribution in [2.45, 2.75) is 13.3 Å². The quantitative estimate of drug-likeness (QED) is 0.623. The zero-order chi connectivity index (χ0) is 18.1. The van der Waals surface area contributed by atoms with Gasteiger partial charge in [0, 0.05) is 24.0 Å². The maximum absolute atomic E-state index is 13.3. The van der Waals surface area contributed by atoms with Crippen LogP contribution in [0.1, 0.15) is 23.7 Å². The fourth-order valence-electron chi connectivity index (χ4n) is 3.25. The van der Waals surface area contributed by atoms with Gasteiger partial charge in [-0.1, -0.05) is 29.8 Å². The standard InChI is InChI=1S/C22H19FN2O/c1-15-10-12-25(13-11-15)22(26)19-14-21(16-6-8-17(23)9-7-16)24-20-5-3-2-4-18(19)20/h2-10,14H,11-13H2,1H3. The Morgan fingerprint density at radius 2 is 1.88 bits per heavy atom. The van der Waals surface area contributed by atoms with Gasteiger partial charge in [-0.15, -0.1) is 0 Å². The summed E-state index contributed by atoms with van der Waals surface area (Å²) in [6.07, 6.45) is 3.01. The van der Waals surface area contributed by atoms with E-state index in [9.17, 15) is 9.18 Å². The SMILES string of the molecule is CC1=CCN(C(=O)c2cc(-c3ccc(F)cc3)nc3ccccc23)CC1. The summed E-state index contributed by atoms with van der Waals surface area (Å²) in [4.78, 5) is 19.7. The van der Waals surface area contributed by atoms with Gasteiger partial charge in [0.25, 0.3) is 5.91 Å². The molecule has 1 amide bonds. The highest BCUT2D eigenvalue weighted by Gasteiger charge is 2.21. The molecule has 1 aliphatic rings. The maximum Gasteiger partial charge on any atom is 0.254 e. The highest BCUT2D eigenvalue weighted by atomic mass is 19.1. The van der Waals surface area contributed by atoms with E-state index in [4.69, 9.17) is 0 Å². The molecule has 0 unspecified atom stereocenters. The van der Waals surface area contributed by atoms with Gasteiger partial charge in [0.15, 0.2) is 0 Å². The smallest absolute Gasteiger partial charge is 0.254 e. The van der Waals surface area contributed by atoms with E-state index in [-0.39, 0.29) is 11.7 Å². The number of rotatable bonds is 2. The minimum atomic E-state index is -0.290. The van der Waals surface area contributed by atoms with E-state index < -0.39 is 0 Å². The molecule has 3 nitrogen and oxygen atoms in total. The Labute approximate surface area is 151 Å². The fourth-order valence-corrected chi connectivity index (χ4v) is 3.25. The molecule has 130 valence electrons. The van der Waals surface area contributed by atoms with Crippen molar-refractivity contribution in [3.05, 3.63) is 77.6 Å². The maximum atomic E-state index is 13.3. The molecule has 0 saturated heterocycles. The molecule has 0 aliphatic carbocycles. The number of halogens is 1. The van der Waals surface area contributed by atoms with Crippen LogP contribution in [0.2, 0.25) is 0 Å². The third-order valence-electron chi connectivity index (χ3n) is 4.81. The molecule has 26 heavy (non-hydrogen) atoms. The van der Waals surface area contributed by atoms with Crippen LogP contribution in [0.3, 0.4) is 0 Å². The van der Waals surface area contributed by atoms with E-state index in [0.29, 0.717) is 17.8 Å². The first-order valence-corrected chi connectivity index (χ1v) is 8.72. The number of amides is 1. The molecule has 0 bridgehead atoms. The van der Waals surface area contributed by atoms with Gasteiger partial charge in [-0.2, -0.15) is 0 Å². The number of aromatic nitrogens is 1. The van der Waals surface area contributed by atoms with Crippen LogP contribution in [-0.2, 0) is 0 Å². The van der Waals surface area contributed by atoms with Gasteiger partial charge in [-0.05, 0) is 49.7 Å². The molecular formula is C22H19FN2O. The first-order valence-electron chi connectivity index (χ1n) is 8.72. The minimum absolute atomic E-state index is 0.00992. The number of carbonyl (C=O) groups is 1. The van der Waals surface area contributed by atoms with E-state index in [1.54, 1.807) is 12.1 Å². The highest BCUT2D eigenvalue weighted by molar-refractivity contribution is 6.07. The predicted octanol–water partition coefficient (Wildman–Crippen LogP) is 4.83. The van der Waals surface area contributed by atoms with E-state index in [0.717, 1.165) is 29.4 Å². The minimum Gasteiger partial charge on any atom is -0.335 e. The number of para-hydroxylation sites is 1. The lowest BCUT2D eigenvalue weighted by Gasteiger charge is -2.26. The van der Waals surface area contributed by atoms with Gasteiger partial charge in [-0.25, -0.2) is 9.37 Å². The van der Waals surface area contributed by atoms with Crippen LogP contribution in [0.25, 0.3) is 22.2 Å². The van der Waals surface area contributed by atoms with E-state index >= 15 is 0 Å². The predicted molar refractivity (Wildman–Crippen MR) is 101 cm³/mol. The number of hydrogen-bond acceptors (Lipinski definition) is 2. The Bertz CT molecular complexity index is 1010. The number of hydrogen-bond donors (Lipinski definition) is 0. The fraction of sp³-hybridized carbons (Fsp3) is 0.182. The monoisotopic (exact) mass is 346 g/mol. The Balaban J connectivity index is 1.82. The molecule has 2 heterocycles. The molecule has 0 spiro atoms. The Hall–Kier alpha value is -3.01. The lowest BCUT2D eigenvalue weighted by Crippen LogP contribution is -2.34. The third-order valence-corrected chi connectivity index (χ3v) is 4.81. The van der Waals surface area contributed by atoms with Crippen LogP contribution in [0, 0.1) is 5.82 Å². The van der Waals surface area contributed by atoms with Crippen molar-refractivity contribution in [1.82, 2.24) is 9.88 Å². The number of carbonyl (C=O) groups excluding carboxylic acids is 1. The lowest BCUT2D eigenvalue weighted by molar-refractivity contribution is 0.0771. The Kier molecular flexibility index (Phi) is 4.25. The van der Waals surface area contributed by atoms with Crippen molar-refractivity contribution < 1.29 is 9.18 Å². The Morgan fingerprint density at radius 3 is 2.62 bits per heavy atom. The van der Waals surface area contributed by atoms with Crippen molar-refractivity contribution in [3.63, 3.8) is 0 Å². The van der Waals surface area contributed by atoms with E-state index in [1.807, 2.05) is 35.2 Å². The largest absolute Gasteiger partial charge is 0.335 e. The molecule has 1 aromatic heterocycles. The zero-order valence-electron chi connectivity index (χ0n) is 14.6. The molecule has 0 saturated carbocycles. The van der Waals surface area contributed by atoms with Crippen molar-refractivity contribution in [3.8, 4) is 11.3 Å². The highest BCUT2D eigenvalue weighted by Crippen LogP contribution is 2.26. The first-order chi connectivity index (χ1) is 12.6. The second-order valence-corrected chi connectivity index (χ2v) is 6.63. The zero-order valence-corrected chi connectivity index (χ0v) is 14.6. The molecule has 0 atom stereocenters. The molecule has 1 aliphatic heterocycles. The van der Waals surface area contributed by atoms with Gasteiger partial charge in [0.05, 0.1) is 16.8 Å². The summed E-state index contributed by atoms with van der Waals surface area (Å²) in [7, 11) is 0. The van der Waals surface area contributed by atoms with Crippen molar-refractivity contribution in [2.24, 2.45) is 0 Å². The second kappa shape index (κ2) is 6.71. The van der Waals surface area contributed by atoms with Crippen molar-refractivity contribution >= 4 is 16.8 Å². The van der Waals surface area contributed by atoms with E-state index in [2.05, 4.69) is 18.0 Å². The average molecular weight is 346 g/mol. The summed E-state index contributed by atoms with van der Waals surface area (Å²) in [5.74, 6) is -0.281. The van der Waals surface area contributed by atoms with Gasteiger partial charge in [-0.3, -0.25) is 4.79 Å². The van der Waals surface area contributed by atoms with Crippen LogP contribution >= 0.6 is 0 Å². The number of fused-ring (bicyclic) bond motifs is 1. The summed E-state index contributed by atoms with van der Waals surface area (Å²) in [6, 6.07) is 15.7. The lowest BCUT2D eigenvalue weighted by atomic mass is 10.0. The van der Waals surface area contributed by atoms with Crippen LogP contribution in [-0.4, -0.2) is 28.9 Å². The Morgan fingerprint density at radius 1 is 1.12 bits per heavy atom. The molecule has 3 aromatic rings. The molecule has 2 aromatic carbocycles. The topological polar surface area (TPSA) is 33.2 Å². The number of nitrogens with zero attached hydrogens (tertiary/aromatic N) is 2. The van der Waals surface area contributed by atoms with Gasteiger partial charge in [0.1, 0.15) is 5.82 Å². The first kappa shape index (κ1) is 16.5. The van der Waals surface area contributed by atoms with Crippen molar-refractivity contribution in [1.29, 1.82) is 0 Å². The molecule has 4 heteroatoms. The van der Waals surface area contributed by atoms with Crippen LogP contribution < -0.4 is 0 Å². The number of pyridine rings is 1. The average Bonchev–Trinajstić information content (AvgIpc) is 2.68. The van der Waals surface area contributed by atoms with Gasteiger partial charge >= 0.3 is 0 Å². The summed E-state index contributed by atoms with van der Waals surface area (Å²) in [5, 5.41) is 0.842. The van der Waals surface area contributed by atoms with Gasteiger partial charge < -0.3 is 4.90 Å². The number of benzene rings is 2. The van der Waals surface area contributed by atoms with Crippen LogP contribution in [0.5, 0.6) is 0 Å². The van der Waals surface area contributed by atoms with Crippen LogP contribution in [0.4, 0.5) is 4.39 Å². The summed E-state index contributed by atoms with van der Waals surface area (Å²) < 4.78 is 13.3. The molecule has 0 fully saturated rings. The summed E-state index contributed by atoms with van der Waals surface area (Å²) in [5.41, 5.74) is 4.20.